The Labute approximate surface area is 134 Å². The molecule has 2 aromatic rings. The van der Waals surface area contributed by atoms with Gasteiger partial charge in [0.25, 0.3) is 0 Å². The van der Waals surface area contributed by atoms with Gasteiger partial charge < -0.3 is 10.6 Å². The fourth-order valence-corrected chi connectivity index (χ4v) is 2.25. The van der Waals surface area contributed by atoms with Gasteiger partial charge in [0, 0.05) is 11.4 Å². The Kier molecular flexibility index (Phi) is 5.48. The normalized spacial score (nSPS) is 10.2. The zero-order chi connectivity index (χ0) is 15.2. The van der Waals surface area contributed by atoms with Crippen LogP contribution in [0.5, 0.6) is 0 Å². The Morgan fingerprint density at radius 1 is 1.10 bits per heavy atom. The molecule has 0 saturated heterocycles. The first-order valence-corrected chi connectivity index (χ1v) is 7.42. The summed E-state index contributed by atoms with van der Waals surface area (Å²) < 4.78 is 0. The van der Waals surface area contributed by atoms with Gasteiger partial charge in [0.05, 0.1) is 16.6 Å². The van der Waals surface area contributed by atoms with Crippen LogP contribution in [0.4, 0.5) is 11.4 Å². The molecule has 0 aliphatic carbocycles. The van der Waals surface area contributed by atoms with Crippen molar-refractivity contribution < 1.29 is 4.79 Å². The number of anilines is 2. The van der Waals surface area contributed by atoms with E-state index in [0.29, 0.717) is 15.7 Å². The highest BCUT2D eigenvalue weighted by Gasteiger charge is 2.06. The van der Waals surface area contributed by atoms with E-state index in [2.05, 4.69) is 17.6 Å². The number of carbonyl (C=O) groups excluding carboxylic acids is 1. The maximum atomic E-state index is 11.9. The molecule has 0 aliphatic rings. The zero-order valence-corrected chi connectivity index (χ0v) is 13.1. The van der Waals surface area contributed by atoms with Gasteiger partial charge in [-0.15, -0.1) is 0 Å². The summed E-state index contributed by atoms with van der Waals surface area (Å²) in [5, 5.41) is 6.79. The highest BCUT2D eigenvalue weighted by atomic mass is 35.5. The molecule has 0 atom stereocenters. The second kappa shape index (κ2) is 7.34. The van der Waals surface area contributed by atoms with E-state index in [9.17, 15) is 4.79 Å². The van der Waals surface area contributed by atoms with Crippen LogP contribution in [-0.2, 0) is 11.2 Å². The number of hydrogen-bond acceptors (Lipinski definition) is 2. The van der Waals surface area contributed by atoms with E-state index in [1.54, 1.807) is 18.2 Å². The first-order valence-electron chi connectivity index (χ1n) is 6.67. The molecule has 0 bridgehead atoms. The summed E-state index contributed by atoms with van der Waals surface area (Å²) in [4.78, 5) is 11.9. The summed E-state index contributed by atoms with van der Waals surface area (Å²) in [7, 11) is 0. The molecule has 2 aromatic carbocycles. The first kappa shape index (κ1) is 15.7. The number of benzene rings is 2. The first-order chi connectivity index (χ1) is 10.1. The summed E-state index contributed by atoms with van der Waals surface area (Å²) in [6.07, 6.45) is 0.914. The average Bonchev–Trinajstić information content (AvgIpc) is 2.49. The quantitative estimate of drug-likeness (QED) is 0.844. The lowest BCUT2D eigenvalue weighted by atomic mass is 10.1. The van der Waals surface area contributed by atoms with Gasteiger partial charge in [0.15, 0.2) is 0 Å². The van der Waals surface area contributed by atoms with Crippen molar-refractivity contribution in [1.82, 2.24) is 0 Å². The van der Waals surface area contributed by atoms with E-state index in [1.165, 1.54) is 5.56 Å². The summed E-state index contributed by atoms with van der Waals surface area (Å²) in [5.74, 6) is -0.140. The third-order valence-corrected chi connectivity index (χ3v) is 3.78. The number of para-hydroxylation sites is 1. The van der Waals surface area contributed by atoms with Crippen LogP contribution in [0.2, 0.25) is 10.0 Å². The lowest BCUT2D eigenvalue weighted by Crippen LogP contribution is -2.22. The third-order valence-electron chi connectivity index (χ3n) is 3.04. The standard InChI is InChI=1S/C16H16Cl2N2O/c1-2-11-5-3-4-6-15(11)19-10-16(21)20-12-7-8-13(17)14(18)9-12/h3-9,19H,2,10H2,1H3,(H,20,21). The summed E-state index contributed by atoms with van der Waals surface area (Å²) in [6, 6.07) is 12.9. The second-order valence-corrected chi connectivity index (χ2v) is 5.36. The number of aryl methyl sites for hydroxylation is 1. The van der Waals surface area contributed by atoms with E-state index >= 15 is 0 Å². The van der Waals surface area contributed by atoms with Crippen LogP contribution in [0, 0.1) is 0 Å². The van der Waals surface area contributed by atoms with Crippen LogP contribution in [-0.4, -0.2) is 12.5 Å². The third kappa shape index (κ3) is 4.38. The molecule has 0 aromatic heterocycles. The van der Waals surface area contributed by atoms with Crippen molar-refractivity contribution in [2.45, 2.75) is 13.3 Å². The predicted octanol–water partition coefficient (Wildman–Crippen LogP) is 4.61. The van der Waals surface area contributed by atoms with E-state index in [4.69, 9.17) is 23.2 Å². The molecule has 0 spiro atoms. The van der Waals surface area contributed by atoms with Crippen LogP contribution in [0.25, 0.3) is 0 Å². The molecule has 110 valence electrons. The van der Waals surface area contributed by atoms with Gasteiger partial charge >= 0.3 is 0 Å². The van der Waals surface area contributed by atoms with Crippen molar-refractivity contribution in [3.05, 3.63) is 58.1 Å². The van der Waals surface area contributed by atoms with Crippen LogP contribution in [0.1, 0.15) is 12.5 Å². The summed E-state index contributed by atoms with van der Waals surface area (Å²) in [5.41, 5.74) is 2.78. The van der Waals surface area contributed by atoms with Gasteiger partial charge in [0.2, 0.25) is 5.91 Å². The second-order valence-electron chi connectivity index (χ2n) is 4.54. The molecule has 0 saturated carbocycles. The minimum absolute atomic E-state index is 0.140. The maximum Gasteiger partial charge on any atom is 0.243 e. The highest BCUT2D eigenvalue weighted by Crippen LogP contribution is 2.25. The van der Waals surface area contributed by atoms with Crippen molar-refractivity contribution in [3.63, 3.8) is 0 Å². The Bertz CT molecular complexity index is 644. The molecule has 1 amide bonds. The minimum Gasteiger partial charge on any atom is -0.376 e. The maximum absolute atomic E-state index is 11.9. The van der Waals surface area contributed by atoms with Crippen molar-refractivity contribution in [3.8, 4) is 0 Å². The molecule has 0 heterocycles. The molecule has 5 heteroatoms. The summed E-state index contributed by atoms with van der Waals surface area (Å²) in [6.45, 7) is 2.27. The topological polar surface area (TPSA) is 41.1 Å². The van der Waals surface area contributed by atoms with E-state index in [0.717, 1.165) is 12.1 Å². The number of nitrogens with one attached hydrogen (secondary N) is 2. The fraction of sp³-hybridized carbons (Fsp3) is 0.188. The van der Waals surface area contributed by atoms with Crippen LogP contribution >= 0.6 is 23.2 Å². The van der Waals surface area contributed by atoms with E-state index < -0.39 is 0 Å². The smallest absolute Gasteiger partial charge is 0.243 e. The highest BCUT2D eigenvalue weighted by molar-refractivity contribution is 6.42. The van der Waals surface area contributed by atoms with Crippen LogP contribution in [0.3, 0.4) is 0 Å². The molecule has 2 N–H and O–H groups in total. The monoisotopic (exact) mass is 322 g/mol. The number of amides is 1. The Morgan fingerprint density at radius 2 is 1.86 bits per heavy atom. The van der Waals surface area contributed by atoms with Crippen molar-refractivity contribution in [2.24, 2.45) is 0 Å². The van der Waals surface area contributed by atoms with Gasteiger partial charge in [-0.25, -0.2) is 0 Å². The van der Waals surface area contributed by atoms with Gasteiger partial charge in [-0.3, -0.25) is 4.79 Å². The number of carbonyl (C=O) groups is 1. The molecular weight excluding hydrogens is 307 g/mol. The molecule has 0 unspecified atom stereocenters. The summed E-state index contributed by atoms with van der Waals surface area (Å²) >= 11 is 11.7. The number of halogens is 2. The minimum atomic E-state index is -0.140. The Hall–Kier alpha value is -1.71. The van der Waals surface area contributed by atoms with Gasteiger partial charge in [0.1, 0.15) is 0 Å². The van der Waals surface area contributed by atoms with Crippen molar-refractivity contribution in [1.29, 1.82) is 0 Å². The Morgan fingerprint density at radius 3 is 2.57 bits per heavy atom. The molecule has 0 radical (unpaired) electrons. The van der Waals surface area contributed by atoms with Crippen molar-refractivity contribution >= 4 is 40.5 Å². The lowest BCUT2D eigenvalue weighted by molar-refractivity contribution is -0.114. The van der Waals surface area contributed by atoms with Gasteiger partial charge in [-0.1, -0.05) is 48.3 Å². The van der Waals surface area contributed by atoms with E-state index in [-0.39, 0.29) is 12.5 Å². The molecular formula is C16H16Cl2N2O. The molecule has 3 nitrogen and oxygen atoms in total. The molecule has 0 aliphatic heterocycles. The zero-order valence-electron chi connectivity index (χ0n) is 11.6. The number of hydrogen-bond donors (Lipinski definition) is 2. The predicted molar refractivity (Wildman–Crippen MR) is 89.4 cm³/mol. The molecule has 2 rings (SSSR count). The van der Waals surface area contributed by atoms with Crippen LogP contribution < -0.4 is 10.6 Å². The lowest BCUT2D eigenvalue weighted by Gasteiger charge is -2.11. The number of rotatable bonds is 5. The van der Waals surface area contributed by atoms with Gasteiger partial charge in [-0.2, -0.15) is 0 Å². The fourth-order valence-electron chi connectivity index (χ4n) is 1.96. The SMILES string of the molecule is CCc1ccccc1NCC(=O)Nc1ccc(Cl)c(Cl)c1. The van der Waals surface area contributed by atoms with Gasteiger partial charge in [-0.05, 0) is 36.2 Å². The Balaban J connectivity index is 1.94. The molecule has 0 fully saturated rings. The van der Waals surface area contributed by atoms with Crippen LogP contribution in [0.15, 0.2) is 42.5 Å². The largest absolute Gasteiger partial charge is 0.376 e. The molecule has 21 heavy (non-hydrogen) atoms. The average molecular weight is 323 g/mol. The van der Waals surface area contributed by atoms with E-state index in [1.807, 2.05) is 24.3 Å². The van der Waals surface area contributed by atoms with Crippen molar-refractivity contribution in [2.75, 3.05) is 17.2 Å².